The molecule has 0 radical (unpaired) electrons. The van der Waals surface area contributed by atoms with Gasteiger partial charge in [0.25, 0.3) is 0 Å². The Hall–Kier alpha value is -3.94. The van der Waals surface area contributed by atoms with Gasteiger partial charge in [-0.25, -0.2) is 4.98 Å². The number of rotatable bonds is 4. The summed E-state index contributed by atoms with van der Waals surface area (Å²) in [5.74, 6) is -0.597. The van der Waals surface area contributed by atoms with Gasteiger partial charge in [-0.3, -0.25) is 9.78 Å². The van der Waals surface area contributed by atoms with E-state index in [1.54, 1.807) is 18.5 Å². The lowest BCUT2D eigenvalue weighted by Crippen LogP contribution is -2.10. The van der Waals surface area contributed by atoms with E-state index in [1.807, 2.05) is 19.1 Å². The number of hydrogen-bond donors (Lipinski definition) is 2. The number of carbonyl (C=O) groups excluding carboxylic acids is 1. The van der Waals surface area contributed by atoms with E-state index in [1.165, 1.54) is 12.3 Å². The minimum atomic E-state index is -4.57. The molecule has 0 saturated heterocycles. The number of nitrogens with zero attached hydrogens (tertiary/aromatic N) is 2. The molecule has 0 bridgehead atoms. The van der Waals surface area contributed by atoms with E-state index in [0.29, 0.717) is 11.2 Å². The monoisotopic (exact) mass is 422 g/mol. The molecule has 0 saturated carbocycles. The summed E-state index contributed by atoms with van der Waals surface area (Å²) in [5.41, 5.74) is 3.15. The van der Waals surface area contributed by atoms with Crippen molar-refractivity contribution in [1.82, 2.24) is 15.0 Å². The van der Waals surface area contributed by atoms with Crippen LogP contribution in [0, 0.1) is 6.92 Å². The molecule has 0 aliphatic rings. The van der Waals surface area contributed by atoms with Crippen LogP contribution in [0.2, 0.25) is 0 Å². The van der Waals surface area contributed by atoms with E-state index < -0.39 is 17.6 Å². The number of aromatic nitrogens is 3. The fourth-order valence-electron chi connectivity index (χ4n) is 3.34. The number of aromatic amines is 1. The molecule has 0 aliphatic heterocycles. The second kappa shape index (κ2) is 7.71. The molecule has 1 aromatic carbocycles. The Labute approximate surface area is 175 Å². The van der Waals surface area contributed by atoms with Gasteiger partial charge in [0.05, 0.1) is 5.56 Å². The highest BCUT2D eigenvalue weighted by atomic mass is 19.4. The van der Waals surface area contributed by atoms with Crippen molar-refractivity contribution in [1.29, 1.82) is 0 Å². The summed E-state index contributed by atoms with van der Waals surface area (Å²) in [6.07, 6.45) is 1.42. The van der Waals surface area contributed by atoms with E-state index in [-0.39, 0.29) is 11.3 Å². The summed E-state index contributed by atoms with van der Waals surface area (Å²) in [7, 11) is 0. The zero-order valence-electron chi connectivity index (χ0n) is 16.4. The van der Waals surface area contributed by atoms with Gasteiger partial charge in [-0.15, -0.1) is 0 Å². The molecule has 0 atom stereocenters. The fraction of sp³-hybridized carbons (Fsp3) is 0.0870. The maximum atomic E-state index is 13.5. The predicted octanol–water partition coefficient (Wildman–Crippen LogP) is 5.74. The zero-order valence-corrected chi connectivity index (χ0v) is 16.4. The number of nitrogens with one attached hydrogen (secondary N) is 2. The molecular formula is C23H17F3N4O. The van der Waals surface area contributed by atoms with E-state index in [9.17, 15) is 18.0 Å². The number of hydrogen-bond acceptors (Lipinski definition) is 3. The number of benzene rings is 1. The van der Waals surface area contributed by atoms with Crippen molar-refractivity contribution in [2.75, 3.05) is 5.32 Å². The summed E-state index contributed by atoms with van der Waals surface area (Å²) in [6.45, 7) is 5.21. The van der Waals surface area contributed by atoms with Crippen molar-refractivity contribution < 1.29 is 18.0 Å². The van der Waals surface area contributed by atoms with Crippen molar-refractivity contribution in [2.45, 2.75) is 13.1 Å². The van der Waals surface area contributed by atoms with Gasteiger partial charge in [0.15, 0.2) is 0 Å². The number of amides is 1. The molecule has 0 unspecified atom stereocenters. The Morgan fingerprint density at radius 3 is 2.61 bits per heavy atom. The molecule has 1 amide bonds. The molecule has 0 fully saturated rings. The molecule has 3 heterocycles. The largest absolute Gasteiger partial charge is 0.416 e. The quantitative estimate of drug-likeness (QED) is 0.412. The van der Waals surface area contributed by atoms with Gasteiger partial charge in [-0.05, 0) is 60.5 Å². The molecule has 4 rings (SSSR count). The van der Waals surface area contributed by atoms with Crippen molar-refractivity contribution >= 4 is 22.6 Å². The van der Waals surface area contributed by atoms with Gasteiger partial charge in [0.2, 0.25) is 5.91 Å². The van der Waals surface area contributed by atoms with Crippen LogP contribution in [0.15, 0.2) is 67.6 Å². The second-order valence-corrected chi connectivity index (χ2v) is 7.00. The highest BCUT2D eigenvalue weighted by molar-refractivity contribution is 6.00. The molecule has 0 spiro atoms. The smallest absolute Gasteiger partial charge is 0.346 e. The maximum Gasteiger partial charge on any atom is 0.416 e. The van der Waals surface area contributed by atoms with Crippen LogP contribution in [-0.4, -0.2) is 20.9 Å². The lowest BCUT2D eigenvalue weighted by atomic mass is 10.00. The number of H-pyrrole nitrogens is 1. The standard InChI is InChI=1S/C23H17F3N4O/c1-3-21(31)30-18-8-15(7-17(10-18)23(24,25)26)16-9-19-20(12-29-22(19)28-11-16)14-4-5-27-13(2)6-14/h3-12H,1H2,2H3,(H,28,29)(H,30,31). The van der Waals surface area contributed by atoms with E-state index in [0.717, 1.165) is 40.4 Å². The first-order valence-corrected chi connectivity index (χ1v) is 9.31. The predicted molar refractivity (Wildman–Crippen MR) is 113 cm³/mol. The van der Waals surface area contributed by atoms with Gasteiger partial charge >= 0.3 is 6.18 Å². The number of carbonyl (C=O) groups is 1. The lowest BCUT2D eigenvalue weighted by Gasteiger charge is -2.13. The first-order valence-electron chi connectivity index (χ1n) is 9.31. The molecule has 8 heteroatoms. The van der Waals surface area contributed by atoms with Crippen molar-refractivity contribution in [2.24, 2.45) is 0 Å². The van der Waals surface area contributed by atoms with Gasteiger partial charge in [0, 0.05) is 46.5 Å². The SMILES string of the molecule is C=CC(=O)Nc1cc(-c2cnc3[nH]cc(-c4ccnc(C)c4)c3c2)cc(C(F)(F)F)c1. The van der Waals surface area contributed by atoms with Gasteiger partial charge < -0.3 is 10.3 Å². The number of anilines is 1. The molecule has 3 aromatic heterocycles. The van der Waals surface area contributed by atoms with Crippen LogP contribution in [0.3, 0.4) is 0 Å². The molecule has 2 N–H and O–H groups in total. The first kappa shape index (κ1) is 20.3. The molecule has 4 aromatic rings. The number of aryl methyl sites for hydroxylation is 1. The van der Waals surface area contributed by atoms with E-state index >= 15 is 0 Å². The number of pyridine rings is 2. The summed E-state index contributed by atoms with van der Waals surface area (Å²) in [4.78, 5) is 23.3. The Kier molecular flexibility index (Phi) is 5.06. The normalized spacial score (nSPS) is 11.5. The Morgan fingerprint density at radius 2 is 1.90 bits per heavy atom. The highest BCUT2D eigenvalue weighted by Gasteiger charge is 2.31. The molecule has 156 valence electrons. The van der Waals surface area contributed by atoms with Crippen LogP contribution in [0.5, 0.6) is 0 Å². The fourth-order valence-corrected chi connectivity index (χ4v) is 3.34. The minimum Gasteiger partial charge on any atom is -0.346 e. The molecular weight excluding hydrogens is 405 g/mol. The van der Waals surface area contributed by atoms with Crippen LogP contribution < -0.4 is 5.32 Å². The van der Waals surface area contributed by atoms with E-state index in [4.69, 9.17) is 0 Å². The molecule has 31 heavy (non-hydrogen) atoms. The summed E-state index contributed by atoms with van der Waals surface area (Å²) >= 11 is 0. The van der Waals surface area contributed by atoms with E-state index in [2.05, 4.69) is 26.8 Å². The minimum absolute atomic E-state index is 0.0221. The van der Waals surface area contributed by atoms with Crippen LogP contribution >= 0.6 is 0 Å². The first-order chi connectivity index (χ1) is 14.7. The molecule has 5 nitrogen and oxygen atoms in total. The summed E-state index contributed by atoms with van der Waals surface area (Å²) in [6, 6.07) is 8.95. The van der Waals surface area contributed by atoms with Gasteiger partial charge in [-0.1, -0.05) is 6.58 Å². The topological polar surface area (TPSA) is 70.7 Å². The summed E-state index contributed by atoms with van der Waals surface area (Å²) in [5, 5.41) is 3.16. The van der Waals surface area contributed by atoms with Crippen molar-refractivity contribution in [3.8, 4) is 22.3 Å². The van der Waals surface area contributed by atoms with Crippen LogP contribution in [0.1, 0.15) is 11.3 Å². The highest BCUT2D eigenvalue weighted by Crippen LogP contribution is 2.36. The third kappa shape index (κ3) is 4.18. The second-order valence-electron chi connectivity index (χ2n) is 7.00. The average molecular weight is 422 g/mol. The summed E-state index contributed by atoms with van der Waals surface area (Å²) < 4.78 is 40.4. The Bertz CT molecular complexity index is 1310. The maximum absolute atomic E-state index is 13.5. The van der Waals surface area contributed by atoms with Crippen molar-refractivity contribution in [3.63, 3.8) is 0 Å². The number of fused-ring (bicyclic) bond motifs is 1. The Morgan fingerprint density at radius 1 is 1.10 bits per heavy atom. The van der Waals surface area contributed by atoms with Crippen LogP contribution in [-0.2, 0) is 11.0 Å². The average Bonchev–Trinajstić information content (AvgIpc) is 3.16. The zero-order chi connectivity index (χ0) is 22.2. The third-order valence-corrected chi connectivity index (χ3v) is 4.79. The number of halogens is 3. The van der Waals surface area contributed by atoms with Gasteiger partial charge in [0.1, 0.15) is 5.65 Å². The van der Waals surface area contributed by atoms with Crippen LogP contribution in [0.25, 0.3) is 33.3 Å². The van der Waals surface area contributed by atoms with Gasteiger partial charge in [-0.2, -0.15) is 13.2 Å². The lowest BCUT2D eigenvalue weighted by molar-refractivity contribution is -0.137. The number of alkyl halides is 3. The Balaban J connectivity index is 1.86. The molecule has 0 aliphatic carbocycles. The van der Waals surface area contributed by atoms with Crippen LogP contribution in [0.4, 0.5) is 18.9 Å². The van der Waals surface area contributed by atoms with Crippen molar-refractivity contribution in [3.05, 3.63) is 78.9 Å². The third-order valence-electron chi connectivity index (χ3n) is 4.79.